The molecule has 0 atom stereocenters. The van der Waals surface area contributed by atoms with E-state index in [1.54, 1.807) is 24.4 Å². The Morgan fingerprint density at radius 3 is 2.76 bits per heavy atom. The second kappa shape index (κ2) is 6.61. The van der Waals surface area contributed by atoms with Gasteiger partial charge in [0.2, 0.25) is 11.6 Å². The molecule has 1 aromatic heterocycles. The molecule has 0 aliphatic heterocycles. The first kappa shape index (κ1) is 15.4. The summed E-state index contributed by atoms with van der Waals surface area (Å²) in [5.74, 6) is 0.794. The van der Waals surface area contributed by atoms with Crippen molar-refractivity contribution < 1.29 is 4.42 Å². The molecule has 1 heterocycles. The van der Waals surface area contributed by atoms with Gasteiger partial charge in [-0.2, -0.15) is 10.4 Å². The number of nitrogens with one attached hydrogen (secondary N) is 1. The van der Waals surface area contributed by atoms with E-state index >= 15 is 0 Å². The number of anilines is 1. The minimum Gasteiger partial charge on any atom is -0.422 e. The minimum absolute atomic E-state index is 0.0895. The van der Waals surface area contributed by atoms with Gasteiger partial charge in [0.1, 0.15) is 6.07 Å². The van der Waals surface area contributed by atoms with Crippen LogP contribution in [0.15, 0.2) is 27.7 Å². The molecule has 0 bridgehead atoms. The van der Waals surface area contributed by atoms with E-state index in [1.807, 2.05) is 19.9 Å². The van der Waals surface area contributed by atoms with E-state index in [0.717, 1.165) is 5.56 Å². The van der Waals surface area contributed by atoms with Crippen molar-refractivity contribution in [2.75, 3.05) is 5.43 Å². The van der Waals surface area contributed by atoms with E-state index < -0.39 is 0 Å². The Morgan fingerprint density at radius 1 is 1.38 bits per heavy atom. The zero-order valence-corrected chi connectivity index (χ0v) is 12.9. The van der Waals surface area contributed by atoms with Crippen LogP contribution in [-0.4, -0.2) is 11.2 Å². The van der Waals surface area contributed by atoms with Gasteiger partial charge in [0.25, 0.3) is 5.88 Å². The van der Waals surface area contributed by atoms with Gasteiger partial charge in [-0.25, -0.2) is 10.4 Å². The molecule has 21 heavy (non-hydrogen) atoms. The first-order valence-electron chi connectivity index (χ1n) is 6.16. The lowest BCUT2D eigenvalue weighted by atomic mass is 10.2. The van der Waals surface area contributed by atoms with Crippen LogP contribution in [0.2, 0.25) is 10.0 Å². The SMILES string of the molecule is CC(C)c1nc(C#N)c(N/N=C/c2ccc(Cl)c(Cl)c2)o1. The van der Waals surface area contributed by atoms with Gasteiger partial charge in [-0.3, -0.25) is 0 Å². The van der Waals surface area contributed by atoms with Gasteiger partial charge in [-0.1, -0.05) is 43.1 Å². The molecule has 2 rings (SSSR count). The van der Waals surface area contributed by atoms with Crippen molar-refractivity contribution in [2.45, 2.75) is 19.8 Å². The van der Waals surface area contributed by atoms with Crippen LogP contribution in [0.3, 0.4) is 0 Å². The van der Waals surface area contributed by atoms with Gasteiger partial charge in [-0.05, 0) is 17.7 Å². The van der Waals surface area contributed by atoms with Crippen LogP contribution in [-0.2, 0) is 0 Å². The molecule has 1 aromatic carbocycles. The number of oxazole rings is 1. The zero-order chi connectivity index (χ0) is 15.4. The van der Waals surface area contributed by atoms with Gasteiger partial charge < -0.3 is 4.42 Å². The van der Waals surface area contributed by atoms with Gasteiger partial charge in [0.05, 0.1) is 16.3 Å². The number of hydrogen-bond donors (Lipinski definition) is 1. The first-order chi connectivity index (χ1) is 10.0. The third-order valence-electron chi connectivity index (χ3n) is 2.57. The molecule has 5 nitrogen and oxygen atoms in total. The molecule has 108 valence electrons. The Bertz CT molecular complexity index is 716. The molecule has 0 spiro atoms. The van der Waals surface area contributed by atoms with E-state index in [1.165, 1.54) is 0 Å². The molecule has 0 saturated heterocycles. The Labute approximate surface area is 132 Å². The summed E-state index contributed by atoms with van der Waals surface area (Å²) in [7, 11) is 0. The Hall–Kier alpha value is -2.03. The fraction of sp³-hybridized carbons (Fsp3) is 0.214. The monoisotopic (exact) mass is 322 g/mol. The fourth-order valence-electron chi connectivity index (χ4n) is 1.49. The maximum atomic E-state index is 9.00. The summed E-state index contributed by atoms with van der Waals surface area (Å²) in [6.07, 6.45) is 1.54. The lowest BCUT2D eigenvalue weighted by molar-refractivity contribution is 0.481. The highest BCUT2D eigenvalue weighted by molar-refractivity contribution is 6.42. The van der Waals surface area contributed by atoms with Crippen molar-refractivity contribution in [3.05, 3.63) is 45.4 Å². The van der Waals surface area contributed by atoms with Crippen molar-refractivity contribution in [3.8, 4) is 6.07 Å². The third kappa shape index (κ3) is 3.75. The summed E-state index contributed by atoms with van der Waals surface area (Å²) in [5, 5.41) is 13.9. The molecule has 2 aromatic rings. The molecule has 0 radical (unpaired) electrons. The molecule has 0 aliphatic rings. The highest BCUT2D eigenvalue weighted by atomic mass is 35.5. The van der Waals surface area contributed by atoms with Gasteiger partial charge >= 0.3 is 0 Å². The molecular formula is C14H12Cl2N4O. The van der Waals surface area contributed by atoms with E-state index in [4.69, 9.17) is 32.9 Å². The van der Waals surface area contributed by atoms with Crippen molar-refractivity contribution >= 4 is 35.3 Å². The van der Waals surface area contributed by atoms with Crippen LogP contribution in [0.4, 0.5) is 5.88 Å². The number of rotatable bonds is 4. The highest BCUT2D eigenvalue weighted by Gasteiger charge is 2.14. The van der Waals surface area contributed by atoms with Crippen LogP contribution in [0.5, 0.6) is 0 Å². The van der Waals surface area contributed by atoms with Crippen molar-refractivity contribution in [1.29, 1.82) is 5.26 Å². The number of nitrogens with zero attached hydrogens (tertiary/aromatic N) is 3. The van der Waals surface area contributed by atoms with E-state index in [0.29, 0.717) is 15.9 Å². The average Bonchev–Trinajstić information content (AvgIpc) is 2.86. The summed E-state index contributed by atoms with van der Waals surface area (Å²) in [6.45, 7) is 3.85. The van der Waals surface area contributed by atoms with Crippen LogP contribution in [0.25, 0.3) is 0 Å². The summed E-state index contributed by atoms with van der Waals surface area (Å²) in [5.41, 5.74) is 3.60. The fourth-order valence-corrected chi connectivity index (χ4v) is 1.80. The zero-order valence-electron chi connectivity index (χ0n) is 11.4. The molecule has 0 fully saturated rings. The molecule has 0 saturated carbocycles. The molecular weight excluding hydrogens is 311 g/mol. The maximum absolute atomic E-state index is 9.00. The summed E-state index contributed by atoms with van der Waals surface area (Å²) in [4.78, 5) is 4.08. The van der Waals surface area contributed by atoms with Gasteiger partial charge in [0.15, 0.2) is 0 Å². The smallest absolute Gasteiger partial charge is 0.252 e. The minimum atomic E-state index is 0.0895. The van der Waals surface area contributed by atoms with Gasteiger partial charge in [-0.15, -0.1) is 0 Å². The summed E-state index contributed by atoms with van der Waals surface area (Å²) >= 11 is 11.7. The molecule has 0 aliphatic carbocycles. The maximum Gasteiger partial charge on any atom is 0.252 e. The normalized spacial score (nSPS) is 11.0. The van der Waals surface area contributed by atoms with E-state index in [2.05, 4.69) is 15.5 Å². The molecule has 1 N–H and O–H groups in total. The number of hydrogen-bond acceptors (Lipinski definition) is 5. The largest absolute Gasteiger partial charge is 0.422 e. The second-order valence-corrected chi connectivity index (χ2v) is 5.35. The quantitative estimate of drug-likeness (QED) is 0.667. The number of hydrazone groups is 1. The molecule has 7 heteroatoms. The number of nitriles is 1. The van der Waals surface area contributed by atoms with Crippen LogP contribution in [0, 0.1) is 11.3 Å². The predicted molar refractivity (Wildman–Crippen MR) is 83.0 cm³/mol. The van der Waals surface area contributed by atoms with Crippen molar-refractivity contribution in [2.24, 2.45) is 5.10 Å². The van der Waals surface area contributed by atoms with Crippen LogP contribution >= 0.6 is 23.2 Å². The second-order valence-electron chi connectivity index (χ2n) is 4.54. The summed E-state index contributed by atoms with van der Waals surface area (Å²) in [6, 6.07) is 7.08. The topological polar surface area (TPSA) is 74.2 Å². The number of halogens is 2. The van der Waals surface area contributed by atoms with Crippen molar-refractivity contribution in [3.63, 3.8) is 0 Å². The van der Waals surface area contributed by atoms with E-state index in [-0.39, 0.29) is 17.5 Å². The number of benzene rings is 1. The Balaban J connectivity index is 2.14. The van der Waals surface area contributed by atoms with Crippen molar-refractivity contribution in [1.82, 2.24) is 4.98 Å². The molecule has 0 unspecified atom stereocenters. The predicted octanol–water partition coefficient (Wildman–Crippen LogP) is 4.42. The number of aromatic nitrogens is 1. The average molecular weight is 323 g/mol. The first-order valence-corrected chi connectivity index (χ1v) is 6.91. The summed E-state index contributed by atoms with van der Waals surface area (Å²) < 4.78 is 5.44. The van der Waals surface area contributed by atoms with Gasteiger partial charge in [0, 0.05) is 5.92 Å². The lowest BCUT2D eigenvalue weighted by Gasteiger charge is -1.98. The van der Waals surface area contributed by atoms with Crippen LogP contribution in [0.1, 0.15) is 36.9 Å². The highest BCUT2D eigenvalue weighted by Crippen LogP contribution is 2.23. The van der Waals surface area contributed by atoms with Crippen LogP contribution < -0.4 is 5.43 Å². The Kier molecular flexibility index (Phi) is 4.84. The molecule has 0 amide bonds. The standard InChI is InChI=1S/C14H12Cl2N4O/c1-8(2)13-19-12(6-17)14(21-13)20-18-7-9-3-4-10(15)11(16)5-9/h3-5,7-8,20H,1-2H3/b18-7+. The Morgan fingerprint density at radius 2 is 2.14 bits per heavy atom. The van der Waals surface area contributed by atoms with E-state index in [9.17, 15) is 0 Å². The third-order valence-corrected chi connectivity index (χ3v) is 3.31. The lowest BCUT2D eigenvalue weighted by Crippen LogP contribution is -1.91.